The molecule has 1 atom stereocenters. The summed E-state index contributed by atoms with van der Waals surface area (Å²) < 4.78 is 5.28. The molecule has 0 saturated carbocycles. The van der Waals surface area contributed by atoms with Crippen LogP contribution in [0.5, 0.6) is 0 Å². The first kappa shape index (κ1) is 11.9. The number of likely N-dealkylation sites (N-methyl/N-ethyl adjacent to an activating group) is 1. The molecule has 2 heteroatoms. The number of hydrogen-bond donors (Lipinski definition) is 0. The second-order valence-corrected chi connectivity index (χ2v) is 3.47. The van der Waals surface area contributed by atoms with E-state index in [1.807, 2.05) is 6.92 Å². The third-order valence-electron chi connectivity index (χ3n) is 2.14. The highest BCUT2D eigenvalue weighted by Gasteiger charge is 2.03. The number of ether oxygens (including phenoxy) is 1. The van der Waals surface area contributed by atoms with E-state index in [0.717, 1.165) is 25.7 Å². The lowest BCUT2D eigenvalue weighted by Gasteiger charge is -2.19. The van der Waals surface area contributed by atoms with Crippen LogP contribution in [0.4, 0.5) is 0 Å². The van der Waals surface area contributed by atoms with E-state index in [4.69, 9.17) is 4.74 Å². The molecule has 0 rings (SSSR count). The molecular weight excluding hydrogens is 150 g/mol. The van der Waals surface area contributed by atoms with Gasteiger partial charge in [-0.3, -0.25) is 0 Å². The van der Waals surface area contributed by atoms with Gasteiger partial charge in [-0.2, -0.15) is 0 Å². The fraction of sp³-hybridized carbons (Fsp3) is 1.00. The summed E-state index contributed by atoms with van der Waals surface area (Å²) in [6.45, 7) is 10.5. The third-order valence-corrected chi connectivity index (χ3v) is 2.14. The van der Waals surface area contributed by atoms with Crippen LogP contribution in [-0.2, 0) is 4.74 Å². The Morgan fingerprint density at radius 1 is 1.33 bits per heavy atom. The molecule has 0 N–H and O–H groups in total. The quantitative estimate of drug-likeness (QED) is 0.546. The molecule has 0 unspecified atom stereocenters. The minimum absolute atomic E-state index is 0.802. The van der Waals surface area contributed by atoms with Crippen LogP contribution in [0.1, 0.15) is 27.2 Å². The largest absolute Gasteiger partial charge is 0.380 e. The Balaban J connectivity index is 3.26. The van der Waals surface area contributed by atoms with E-state index in [2.05, 4.69) is 25.8 Å². The van der Waals surface area contributed by atoms with Crippen molar-refractivity contribution < 1.29 is 4.74 Å². The molecule has 0 fully saturated rings. The zero-order valence-corrected chi connectivity index (χ0v) is 8.97. The topological polar surface area (TPSA) is 12.5 Å². The van der Waals surface area contributed by atoms with Gasteiger partial charge in [0.1, 0.15) is 0 Å². The van der Waals surface area contributed by atoms with Crippen molar-refractivity contribution in [1.82, 2.24) is 4.90 Å². The van der Waals surface area contributed by atoms with Gasteiger partial charge >= 0.3 is 0 Å². The zero-order valence-electron chi connectivity index (χ0n) is 8.97. The van der Waals surface area contributed by atoms with Gasteiger partial charge in [-0.25, -0.2) is 0 Å². The SMILES string of the molecule is CCOCCN(C)C[C@@H](C)CC. The molecule has 74 valence electrons. The van der Waals surface area contributed by atoms with Gasteiger partial charge in [0.2, 0.25) is 0 Å². The van der Waals surface area contributed by atoms with Gasteiger partial charge in [-0.1, -0.05) is 20.3 Å². The highest BCUT2D eigenvalue weighted by atomic mass is 16.5. The molecule has 2 nitrogen and oxygen atoms in total. The molecule has 0 aromatic heterocycles. The molecule has 12 heavy (non-hydrogen) atoms. The Kier molecular flexibility index (Phi) is 7.51. The summed E-state index contributed by atoms with van der Waals surface area (Å²) in [7, 11) is 2.16. The van der Waals surface area contributed by atoms with Crippen LogP contribution in [-0.4, -0.2) is 38.3 Å². The van der Waals surface area contributed by atoms with Crippen LogP contribution < -0.4 is 0 Å². The lowest BCUT2D eigenvalue weighted by Crippen LogP contribution is -2.27. The van der Waals surface area contributed by atoms with Crippen molar-refractivity contribution in [2.45, 2.75) is 27.2 Å². The second kappa shape index (κ2) is 7.56. The average molecular weight is 173 g/mol. The lowest BCUT2D eigenvalue weighted by atomic mass is 10.1. The molecule has 0 radical (unpaired) electrons. The van der Waals surface area contributed by atoms with E-state index < -0.39 is 0 Å². The number of rotatable bonds is 7. The third kappa shape index (κ3) is 6.62. The van der Waals surface area contributed by atoms with Crippen LogP contribution in [0.2, 0.25) is 0 Å². The molecule has 0 saturated heterocycles. The molecule has 0 aliphatic heterocycles. The smallest absolute Gasteiger partial charge is 0.0593 e. The Bertz CT molecular complexity index is 95.8. The minimum Gasteiger partial charge on any atom is -0.380 e. The van der Waals surface area contributed by atoms with E-state index in [9.17, 15) is 0 Å². The van der Waals surface area contributed by atoms with Gasteiger partial charge in [0.25, 0.3) is 0 Å². The van der Waals surface area contributed by atoms with Crippen LogP contribution in [0, 0.1) is 5.92 Å². The van der Waals surface area contributed by atoms with E-state index in [1.165, 1.54) is 13.0 Å². The first-order valence-corrected chi connectivity index (χ1v) is 4.97. The lowest BCUT2D eigenvalue weighted by molar-refractivity contribution is 0.117. The van der Waals surface area contributed by atoms with Crippen molar-refractivity contribution in [3.8, 4) is 0 Å². The van der Waals surface area contributed by atoms with E-state index in [-0.39, 0.29) is 0 Å². The Morgan fingerprint density at radius 3 is 2.50 bits per heavy atom. The maximum atomic E-state index is 5.28. The molecule has 0 amide bonds. The maximum absolute atomic E-state index is 5.28. The average Bonchev–Trinajstić information content (AvgIpc) is 2.05. The molecule has 0 aliphatic rings. The van der Waals surface area contributed by atoms with Crippen LogP contribution in [0.3, 0.4) is 0 Å². The van der Waals surface area contributed by atoms with Crippen molar-refractivity contribution in [2.24, 2.45) is 5.92 Å². The fourth-order valence-corrected chi connectivity index (χ4v) is 1.12. The summed E-state index contributed by atoms with van der Waals surface area (Å²) in [6.07, 6.45) is 1.26. The zero-order chi connectivity index (χ0) is 9.40. The normalized spacial score (nSPS) is 13.8. The molecule has 0 aliphatic carbocycles. The molecule has 0 bridgehead atoms. The van der Waals surface area contributed by atoms with Gasteiger partial charge < -0.3 is 9.64 Å². The van der Waals surface area contributed by atoms with E-state index >= 15 is 0 Å². The van der Waals surface area contributed by atoms with Crippen molar-refractivity contribution >= 4 is 0 Å². The molecule has 0 aromatic carbocycles. The van der Waals surface area contributed by atoms with Gasteiger partial charge in [0.05, 0.1) is 6.61 Å². The summed E-state index contributed by atoms with van der Waals surface area (Å²) in [5.74, 6) is 0.802. The van der Waals surface area contributed by atoms with Gasteiger partial charge in [0.15, 0.2) is 0 Å². The molecule has 0 spiro atoms. The number of nitrogens with zero attached hydrogens (tertiary/aromatic N) is 1. The highest BCUT2D eigenvalue weighted by Crippen LogP contribution is 2.01. The Morgan fingerprint density at radius 2 is 2.00 bits per heavy atom. The van der Waals surface area contributed by atoms with Crippen molar-refractivity contribution in [1.29, 1.82) is 0 Å². The van der Waals surface area contributed by atoms with Crippen molar-refractivity contribution in [3.63, 3.8) is 0 Å². The Labute approximate surface area is 76.9 Å². The first-order chi connectivity index (χ1) is 5.70. The molecule has 0 heterocycles. The van der Waals surface area contributed by atoms with E-state index in [0.29, 0.717) is 0 Å². The summed E-state index contributed by atoms with van der Waals surface area (Å²) in [5.41, 5.74) is 0. The number of hydrogen-bond acceptors (Lipinski definition) is 2. The predicted molar refractivity (Wildman–Crippen MR) is 53.4 cm³/mol. The van der Waals surface area contributed by atoms with E-state index in [1.54, 1.807) is 0 Å². The fourth-order valence-electron chi connectivity index (χ4n) is 1.12. The highest BCUT2D eigenvalue weighted by molar-refractivity contribution is 4.56. The Hall–Kier alpha value is -0.0800. The second-order valence-electron chi connectivity index (χ2n) is 3.47. The summed E-state index contributed by atoms with van der Waals surface area (Å²) in [6, 6.07) is 0. The molecular formula is C10H23NO. The standard InChI is InChI=1S/C10H23NO/c1-5-10(3)9-11(4)7-8-12-6-2/h10H,5-9H2,1-4H3/t10-/m0/s1. The van der Waals surface area contributed by atoms with Gasteiger partial charge in [-0.05, 0) is 19.9 Å². The summed E-state index contributed by atoms with van der Waals surface area (Å²) in [4.78, 5) is 2.34. The summed E-state index contributed by atoms with van der Waals surface area (Å²) in [5, 5.41) is 0. The van der Waals surface area contributed by atoms with Gasteiger partial charge in [-0.15, -0.1) is 0 Å². The molecule has 0 aromatic rings. The summed E-state index contributed by atoms with van der Waals surface area (Å²) >= 11 is 0. The van der Waals surface area contributed by atoms with Crippen molar-refractivity contribution in [3.05, 3.63) is 0 Å². The van der Waals surface area contributed by atoms with Crippen LogP contribution in [0.25, 0.3) is 0 Å². The van der Waals surface area contributed by atoms with Crippen molar-refractivity contribution in [2.75, 3.05) is 33.4 Å². The van der Waals surface area contributed by atoms with Crippen LogP contribution in [0.15, 0.2) is 0 Å². The monoisotopic (exact) mass is 173 g/mol. The van der Waals surface area contributed by atoms with Gasteiger partial charge in [0, 0.05) is 19.7 Å². The predicted octanol–water partition coefficient (Wildman–Crippen LogP) is 2.00. The first-order valence-electron chi connectivity index (χ1n) is 4.97. The maximum Gasteiger partial charge on any atom is 0.0593 e. The minimum atomic E-state index is 0.802. The van der Waals surface area contributed by atoms with Crippen LogP contribution >= 0.6 is 0 Å².